The molecule has 4 aliphatic rings. The molecule has 0 amide bonds. The van der Waals surface area contributed by atoms with Crippen molar-refractivity contribution in [1.82, 2.24) is 10.3 Å². The third-order valence-corrected chi connectivity index (χ3v) is 6.88. The van der Waals surface area contributed by atoms with Gasteiger partial charge in [0.2, 0.25) is 12.2 Å². The lowest BCUT2D eigenvalue weighted by molar-refractivity contribution is -0.348. The lowest BCUT2D eigenvalue weighted by Gasteiger charge is -2.55. The molecule has 3 saturated heterocycles. The molecule has 6 rings (SSSR count). The molecule has 2 bridgehead atoms. The first-order chi connectivity index (χ1) is 17.5. The molecule has 196 valence electrons. The number of benzene rings is 2. The number of halogens is 3. The number of aryl methyl sites for hydroxylation is 1. The minimum Gasteiger partial charge on any atom is -0.492 e. The summed E-state index contributed by atoms with van der Waals surface area (Å²) in [6, 6.07) is 10.1. The molecule has 1 aliphatic carbocycles. The van der Waals surface area contributed by atoms with E-state index in [2.05, 4.69) is 5.43 Å². The second-order valence-electron chi connectivity index (χ2n) is 9.27. The number of hydrazine groups is 1. The van der Waals surface area contributed by atoms with Gasteiger partial charge in [-0.1, -0.05) is 24.3 Å². The monoisotopic (exact) mass is 517 g/mol. The fourth-order valence-electron chi connectivity index (χ4n) is 4.90. The molecule has 2 aromatic rings. The zero-order chi connectivity index (χ0) is 26.4. The molecule has 3 heterocycles. The van der Waals surface area contributed by atoms with Crippen molar-refractivity contribution in [2.75, 3.05) is 25.3 Å². The number of anilines is 1. The summed E-state index contributed by atoms with van der Waals surface area (Å²) in [6.45, 7) is 1.60. The summed E-state index contributed by atoms with van der Waals surface area (Å²) in [5, 5.41) is 10.5. The molecule has 8 nitrogen and oxygen atoms in total. The maximum Gasteiger partial charge on any atom is 0.416 e. The maximum absolute atomic E-state index is 13.0. The van der Waals surface area contributed by atoms with Crippen LogP contribution < -0.4 is 19.9 Å². The van der Waals surface area contributed by atoms with Crippen molar-refractivity contribution >= 4 is 11.7 Å². The van der Waals surface area contributed by atoms with Gasteiger partial charge in [0, 0.05) is 0 Å². The highest BCUT2D eigenvalue weighted by atomic mass is 19.4. The maximum atomic E-state index is 13.0. The first-order valence-electron chi connectivity index (χ1n) is 11.6. The van der Waals surface area contributed by atoms with Gasteiger partial charge in [-0.25, -0.2) is 9.69 Å². The third-order valence-electron chi connectivity index (χ3n) is 6.88. The Balaban J connectivity index is 1.35. The highest BCUT2D eigenvalue weighted by molar-refractivity contribution is 5.68. The van der Waals surface area contributed by atoms with Gasteiger partial charge in [-0.3, -0.25) is 5.01 Å². The van der Waals surface area contributed by atoms with E-state index < -0.39 is 41.9 Å². The van der Waals surface area contributed by atoms with E-state index in [1.165, 1.54) is 12.1 Å². The topological polar surface area (TPSA) is 83.5 Å². The van der Waals surface area contributed by atoms with E-state index in [9.17, 15) is 18.0 Å². The van der Waals surface area contributed by atoms with Crippen molar-refractivity contribution < 1.29 is 37.3 Å². The molecule has 0 spiro atoms. The normalized spacial score (nSPS) is 26.7. The van der Waals surface area contributed by atoms with Gasteiger partial charge in [0.25, 0.3) is 0 Å². The number of carbonyl (C=O) groups is 1. The summed E-state index contributed by atoms with van der Waals surface area (Å²) >= 11 is 0. The van der Waals surface area contributed by atoms with Crippen LogP contribution in [0.15, 0.2) is 66.8 Å². The molecular weight excluding hydrogens is 491 g/mol. The number of hydrogen-bond donors (Lipinski definition) is 2. The number of aliphatic carboxylic acids is 1. The van der Waals surface area contributed by atoms with Crippen molar-refractivity contribution in [1.29, 1.82) is 0 Å². The van der Waals surface area contributed by atoms with Gasteiger partial charge >= 0.3 is 12.1 Å². The Morgan fingerprint density at radius 3 is 2.54 bits per heavy atom. The van der Waals surface area contributed by atoms with E-state index >= 15 is 0 Å². The van der Waals surface area contributed by atoms with Crippen LogP contribution in [0.1, 0.15) is 17.5 Å². The minimum atomic E-state index is -4.41. The average Bonchev–Trinajstić information content (AvgIpc) is 3.43. The lowest BCUT2D eigenvalue weighted by Crippen LogP contribution is -2.73. The fourth-order valence-corrected chi connectivity index (χ4v) is 4.90. The number of fused-ring (bicyclic) bond motifs is 1. The molecular formula is C26H26F3N3O5. The summed E-state index contributed by atoms with van der Waals surface area (Å²) < 4.78 is 56.9. The Morgan fingerprint density at radius 1 is 1.19 bits per heavy atom. The smallest absolute Gasteiger partial charge is 0.416 e. The standard InChI is InChI=1S/C26H26F3N3O5/c1-17-14-20(10-11-21(17)35-15-22(33)34)36-16-24(12-4-3-5-13-24)26-30-32(23(37-26)31(26)2)19-8-6-18(7-9-19)25(27,28)29/h3-12,14,23,30H,13,15-16H2,1-2H3,(H,33,34). The number of carboxylic acid groups (broad SMARTS) is 1. The zero-order valence-corrected chi connectivity index (χ0v) is 20.2. The van der Waals surface area contributed by atoms with Crippen molar-refractivity contribution in [3.8, 4) is 11.5 Å². The van der Waals surface area contributed by atoms with Gasteiger partial charge in [0.1, 0.15) is 18.1 Å². The van der Waals surface area contributed by atoms with Crippen LogP contribution in [0.3, 0.4) is 0 Å². The minimum absolute atomic E-state index is 0.230. The van der Waals surface area contributed by atoms with Gasteiger partial charge in [-0.2, -0.15) is 18.6 Å². The Bertz CT molecular complexity index is 1250. The van der Waals surface area contributed by atoms with Gasteiger partial charge in [-0.15, -0.1) is 0 Å². The molecule has 2 N–H and O–H groups in total. The van der Waals surface area contributed by atoms with Crippen LogP contribution in [0.25, 0.3) is 0 Å². The number of nitrogens with zero attached hydrogens (tertiary/aromatic N) is 2. The Kier molecular flexibility index (Phi) is 6.17. The number of carboxylic acids is 1. The summed E-state index contributed by atoms with van der Waals surface area (Å²) in [5.41, 5.74) is 3.27. The first-order valence-corrected chi connectivity index (χ1v) is 11.6. The molecule has 2 aromatic carbocycles. The Labute approximate surface area is 211 Å². The number of allylic oxidation sites excluding steroid dienone is 3. The van der Waals surface area contributed by atoms with Crippen LogP contribution in [-0.2, 0) is 15.7 Å². The second-order valence-corrected chi connectivity index (χ2v) is 9.27. The highest BCUT2D eigenvalue weighted by Gasteiger charge is 2.71. The molecule has 3 unspecified atom stereocenters. The van der Waals surface area contributed by atoms with Crippen LogP contribution in [0, 0.1) is 12.3 Å². The van der Waals surface area contributed by atoms with E-state index in [4.69, 9.17) is 19.3 Å². The molecule has 37 heavy (non-hydrogen) atoms. The third kappa shape index (κ3) is 4.32. The summed E-state index contributed by atoms with van der Waals surface area (Å²) in [7, 11) is 1.89. The number of hydrogen-bond acceptors (Lipinski definition) is 7. The molecule has 3 fully saturated rings. The highest BCUT2D eigenvalue weighted by Crippen LogP contribution is 2.54. The molecule has 3 atom stereocenters. The van der Waals surface area contributed by atoms with Gasteiger partial charge in [0.05, 0.1) is 16.7 Å². The summed E-state index contributed by atoms with van der Waals surface area (Å²) in [6.07, 6.45) is 3.57. The van der Waals surface area contributed by atoms with E-state index in [1.807, 2.05) is 36.3 Å². The van der Waals surface area contributed by atoms with E-state index in [1.54, 1.807) is 30.1 Å². The van der Waals surface area contributed by atoms with Crippen molar-refractivity contribution in [2.45, 2.75) is 31.7 Å². The van der Waals surface area contributed by atoms with Gasteiger partial charge in [0.15, 0.2) is 6.61 Å². The number of ether oxygens (including phenoxy) is 3. The molecule has 0 aromatic heterocycles. The van der Waals surface area contributed by atoms with Crippen molar-refractivity contribution in [3.05, 3.63) is 77.9 Å². The summed E-state index contributed by atoms with van der Waals surface area (Å²) in [4.78, 5) is 12.8. The number of rotatable bonds is 8. The van der Waals surface area contributed by atoms with Gasteiger partial charge in [-0.05, 0) is 68.4 Å². The predicted molar refractivity (Wildman–Crippen MR) is 128 cm³/mol. The molecule has 3 aliphatic heterocycles. The van der Waals surface area contributed by atoms with Crippen LogP contribution >= 0.6 is 0 Å². The predicted octanol–water partition coefficient (Wildman–Crippen LogP) is 4.28. The second kappa shape index (κ2) is 9.09. The lowest BCUT2D eigenvalue weighted by atomic mass is 9.75. The van der Waals surface area contributed by atoms with Crippen LogP contribution in [-0.4, -0.2) is 48.4 Å². The van der Waals surface area contributed by atoms with Crippen LogP contribution in [0.4, 0.5) is 18.9 Å². The molecule has 0 radical (unpaired) electrons. The summed E-state index contributed by atoms with van der Waals surface area (Å²) in [5.74, 6) is -1.01. The van der Waals surface area contributed by atoms with Crippen molar-refractivity contribution in [2.24, 2.45) is 5.41 Å². The SMILES string of the molecule is Cc1cc(OCC2(C34NN(c5ccc(C(F)(F)F)cc5)C(O3)N4C)C=CC=CC2)ccc1OCC(=O)O. The zero-order valence-electron chi connectivity index (χ0n) is 20.2. The Hall–Kier alpha value is -3.54. The Morgan fingerprint density at radius 2 is 1.95 bits per heavy atom. The van der Waals surface area contributed by atoms with Crippen LogP contribution in [0.2, 0.25) is 0 Å². The van der Waals surface area contributed by atoms with Crippen molar-refractivity contribution in [3.63, 3.8) is 0 Å². The van der Waals surface area contributed by atoms with Crippen LogP contribution in [0.5, 0.6) is 11.5 Å². The molecule has 11 heteroatoms. The largest absolute Gasteiger partial charge is 0.492 e. The van der Waals surface area contributed by atoms with Gasteiger partial charge < -0.3 is 19.3 Å². The fraction of sp³-hybridized carbons (Fsp3) is 0.346. The first kappa shape index (κ1) is 25.1. The van der Waals surface area contributed by atoms with E-state index in [0.717, 1.165) is 17.7 Å². The number of nitrogens with one attached hydrogen (secondary N) is 1. The quantitative estimate of drug-likeness (QED) is 0.537. The van der Waals surface area contributed by atoms with E-state index in [0.29, 0.717) is 23.6 Å². The average molecular weight is 518 g/mol. The molecule has 0 saturated carbocycles. The number of alkyl halides is 3. The van der Waals surface area contributed by atoms with E-state index in [-0.39, 0.29) is 6.61 Å².